The SMILES string of the molecule is COc1ccc2nc3c(C)c4ccn(C)c(C)c4cc3c2c1. The number of fused-ring (bicyclic) bond motifs is 4. The number of aryl methyl sites for hydroxylation is 3. The molecule has 0 unspecified atom stereocenters. The molecule has 2 aromatic carbocycles. The molecule has 0 atom stereocenters. The Hall–Kier alpha value is -2.55. The van der Waals surface area contributed by atoms with Crippen LogP contribution in [-0.2, 0) is 7.05 Å². The number of ether oxygens (including phenoxy) is 1. The van der Waals surface area contributed by atoms with Crippen LogP contribution in [0.2, 0.25) is 0 Å². The van der Waals surface area contributed by atoms with Crippen LogP contribution < -0.4 is 4.74 Å². The number of pyridine rings is 1. The van der Waals surface area contributed by atoms with Gasteiger partial charge in [0.1, 0.15) is 5.75 Å². The van der Waals surface area contributed by atoms with E-state index < -0.39 is 0 Å². The van der Waals surface area contributed by atoms with E-state index in [2.05, 4.69) is 49.9 Å². The molecule has 0 N–H and O–H groups in total. The van der Waals surface area contributed by atoms with Crippen molar-refractivity contribution in [2.24, 2.45) is 7.05 Å². The maximum Gasteiger partial charge on any atom is 0.119 e. The van der Waals surface area contributed by atoms with Gasteiger partial charge in [-0.25, -0.2) is 4.98 Å². The minimum atomic E-state index is 0.870. The van der Waals surface area contributed by atoms with Gasteiger partial charge in [-0.2, -0.15) is 0 Å². The molecule has 0 saturated heterocycles. The summed E-state index contributed by atoms with van der Waals surface area (Å²) in [7, 11) is 3.78. The molecule has 0 bridgehead atoms. The van der Waals surface area contributed by atoms with E-state index in [4.69, 9.17) is 9.72 Å². The molecule has 22 heavy (non-hydrogen) atoms. The molecular formula is C19H18N2O. The molecule has 4 aromatic rings. The van der Waals surface area contributed by atoms with Gasteiger partial charge in [-0.15, -0.1) is 0 Å². The van der Waals surface area contributed by atoms with Crippen molar-refractivity contribution < 1.29 is 4.74 Å². The van der Waals surface area contributed by atoms with Gasteiger partial charge in [0.2, 0.25) is 0 Å². The third-order valence-corrected chi connectivity index (χ3v) is 4.70. The fourth-order valence-electron chi connectivity index (χ4n) is 3.25. The Bertz CT molecular complexity index is 1040. The van der Waals surface area contributed by atoms with Gasteiger partial charge in [0.05, 0.1) is 18.1 Å². The van der Waals surface area contributed by atoms with Crippen molar-refractivity contribution in [3.8, 4) is 5.75 Å². The summed E-state index contributed by atoms with van der Waals surface area (Å²) in [6, 6.07) is 10.5. The number of rotatable bonds is 1. The maximum absolute atomic E-state index is 5.37. The average Bonchev–Trinajstić information content (AvgIpc) is 2.90. The van der Waals surface area contributed by atoms with Crippen molar-refractivity contribution >= 4 is 32.6 Å². The number of methoxy groups -OCH3 is 1. The normalized spacial score (nSPS) is 11.6. The fraction of sp³-hybridized carbons (Fsp3) is 0.211. The lowest BCUT2D eigenvalue weighted by Gasteiger charge is -2.11. The number of aromatic nitrogens is 2. The zero-order valence-corrected chi connectivity index (χ0v) is 13.3. The summed E-state index contributed by atoms with van der Waals surface area (Å²) in [4.78, 5) is 4.83. The number of hydrogen-bond donors (Lipinski definition) is 0. The quantitative estimate of drug-likeness (QED) is 0.516. The first kappa shape index (κ1) is 13.1. The Balaban J connectivity index is 2.23. The van der Waals surface area contributed by atoms with E-state index in [1.54, 1.807) is 7.11 Å². The Morgan fingerprint density at radius 1 is 0.955 bits per heavy atom. The third kappa shape index (κ3) is 1.65. The highest BCUT2D eigenvalue weighted by Gasteiger charge is 2.13. The monoisotopic (exact) mass is 290 g/mol. The highest BCUT2D eigenvalue weighted by atomic mass is 16.5. The molecule has 0 spiro atoms. The molecule has 0 amide bonds. The first-order valence-corrected chi connectivity index (χ1v) is 7.43. The van der Waals surface area contributed by atoms with E-state index in [-0.39, 0.29) is 0 Å². The molecule has 0 aliphatic carbocycles. The Labute approximate surface area is 129 Å². The molecule has 3 nitrogen and oxygen atoms in total. The summed E-state index contributed by atoms with van der Waals surface area (Å²) in [6.45, 7) is 4.32. The van der Waals surface area contributed by atoms with Crippen LogP contribution in [0.1, 0.15) is 11.3 Å². The highest BCUT2D eigenvalue weighted by molar-refractivity contribution is 6.14. The summed E-state index contributed by atoms with van der Waals surface area (Å²) in [5.74, 6) is 0.870. The van der Waals surface area contributed by atoms with Crippen molar-refractivity contribution in [2.45, 2.75) is 13.8 Å². The van der Waals surface area contributed by atoms with Crippen LogP contribution in [-0.4, -0.2) is 16.7 Å². The largest absolute Gasteiger partial charge is 0.497 e. The minimum absolute atomic E-state index is 0.870. The van der Waals surface area contributed by atoms with Crippen LogP contribution in [0.25, 0.3) is 32.6 Å². The molecule has 0 saturated carbocycles. The predicted molar refractivity (Wildman–Crippen MR) is 91.8 cm³/mol. The molecule has 0 fully saturated rings. The van der Waals surface area contributed by atoms with Gasteiger partial charge in [-0.05, 0) is 55.1 Å². The van der Waals surface area contributed by atoms with E-state index in [1.165, 1.54) is 27.4 Å². The van der Waals surface area contributed by atoms with Gasteiger partial charge in [0, 0.05) is 35.1 Å². The van der Waals surface area contributed by atoms with E-state index in [0.717, 1.165) is 22.2 Å². The van der Waals surface area contributed by atoms with Crippen LogP contribution in [0.4, 0.5) is 0 Å². The third-order valence-electron chi connectivity index (χ3n) is 4.70. The van der Waals surface area contributed by atoms with Gasteiger partial charge in [-0.1, -0.05) is 0 Å². The average molecular weight is 290 g/mol. The van der Waals surface area contributed by atoms with E-state index in [0.29, 0.717) is 0 Å². The minimum Gasteiger partial charge on any atom is -0.497 e. The van der Waals surface area contributed by atoms with Crippen LogP contribution in [0.15, 0.2) is 36.5 Å². The molecule has 3 heteroatoms. The topological polar surface area (TPSA) is 27.1 Å². The number of benzene rings is 2. The Morgan fingerprint density at radius 2 is 1.77 bits per heavy atom. The van der Waals surface area contributed by atoms with Gasteiger partial charge in [-0.3, -0.25) is 0 Å². The molecular weight excluding hydrogens is 272 g/mol. The first-order chi connectivity index (χ1) is 10.6. The molecule has 0 radical (unpaired) electrons. The maximum atomic E-state index is 5.37. The van der Waals surface area contributed by atoms with Crippen LogP contribution in [0.3, 0.4) is 0 Å². The fourth-order valence-corrected chi connectivity index (χ4v) is 3.25. The van der Waals surface area contributed by atoms with E-state index >= 15 is 0 Å². The highest BCUT2D eigenvalue weighted by Crippen LogP contribution is 2.35. The summed E-state index contributed by atoms with van der Waals surface area (Å²) < 4.78 is 7.53. The van der Waals surface area contributed by atoms with Crippen molar-refractivity contribution in [3.05, 3.63) is 47.8 Å². The molecule has 2 aromatic heterocycles. The van der Waals surface area contributed by atoms with Gasteiger partial charge < -0.3 is 9.30 Å². The van der Waals surface area contributed by atoms with Crippen molar-refractivity contribution in [1.29, 1.82) is 0 Å². The zero-order valence-electron chi connectivity index (χ0n) is 13.3. The molecule has 2 heterocycles. The second kappa shape index (κ2) is 4.47. The second-order valence-electron chi connectivity index (χ2n) is 5.87. The number of nitrogens with zero attached hydrogens (tertiary/aromatic N) is 2. The smallest absolute Gasteiger partial charge is 0.119 e. The summed E-state index contributed by atoms with van der Waals surface area (Å²) in [6.07, 6.45) is 2.11. The van der Waals surface area contributed by atoms with Gasteiger partial charge >= 0.3 is 0 Å². The van der Waals surface area contributed by atoms with Crippen LogP contribution in [0, 0.1) is 13.8 Å². The lowest BCUT2D eigenvalue weighted by molar-refractivity contribution is 0.415. The molecule has 0 aliphatic heterocycles. The summed E-state index contributed by atoms with van der Waals surface area (Å²) >= 11 is 0. The van der Waals surface area contributed by atoms with Gasteiger partial charge in [0.15, 0.2) is 0 Å². The molecule has 4 rings (SSSR count). The van der Waals surface area contributed by atoms with Crippen LogP contribution in [0.5, 0.6) is 5.75 Å². The van der Waals surface area contributed by atoms with Crippen molar-refractivity contribution in [3.63, 3.8) is 0 Å². The standard InChI is InChI=1S/C19H18N2O/c1-11-14-7-8-21(3)12(2)15(14)10-17-16-9-13(22-4)5-6-18(16)20-19(11)17/h5-10H,1-4H3. The van der Waals surface area contributed by atoms with Crippen LogP contribution >= 0.6 is 0 Å². The molecule has 0 aliphatic rings. The first-order valence-electron chi connectivity index (χ1n) is 7.43. The summed E-state index contributed by atoms with van der Waals surface area (Å²) in [5, 5.41) is 4.92. The van der Waals surface area contributed by atoms with Gasteiger partial charge in [0.25, 0.3) is 0 Å². The molecule has 110 valence electrons. The predicted octanol–water partition coefficient (Wildman–Crippen LogP) is 4.51. The van der Waals surface area contributed by atoms with Crippen molar-refractivity contribution in [2.75, 3.05) is 7.11 Å². The Morgan fingerprint density at radius 3 is 2.55 bits per heavy atom. The number of hydrogen-bond acceptors (Lipinski definition) is 2. The second-order valence-corrected chi connectivity index (χ2v) is 5.87. The Kier molecular flexibility index (Phi) is 2.67. The van der Waals surface area contributed by atoms with E-state index in [9.17, 15) is 0 Å². The van der Waals surface area contributed by atoms with Crippen molar-refractivity contribution in [1.82, 2.24) is 9.55 Å². The zero-order chi connectivity index (χ0) is 15.4. The summed E-state index contributed by atoms with van der Waals surface area (Å²) in [5.41, 5.74) is 4.62. The lowest BCUT2D eigenvalue weighted by Crippen LogP contribution is -1.97. The lowest BCUT2D eigenvalue weighted by atomic mass is 10.0. The van der Waals surface area contributed by atoms with E-state index in [1.807, 2.05) is 12.1 Å².